The van der Waals surface area contributed by atoms with Crippen molar-refractivity contribution in [1.29, 1.82) is 5.26 Å². The van der Waals surface area contributed by atoms with Crippen LogP contribution in [-0.2, 0) is 0 Å². The van der Waals surface area contributed by atoms with E-state index in [4.69, 9.17) is 11.0 Å². The summed E-state index contributed by atoms with van der Waals surface area (Å²) in [6, 6.07) is 1.94. The van der Waals surface area contributed by atoms with Crippen LogP contribution in [0.3, 0.4) is 0 Å². The van der Waals surface area contributed by atoms with E-state index < -0.39 is 0 Å². The van der Waals surface area contributed by atoms with Crippen LogP contribution in [0.5, 0.6) is 0 Å². The van der Waals surface area contributed by atoms with Crippen LogP contribution < -0.4 is 5.73 Å². The molecule has 0 aliphatic carbocycles. The molecule has 1 aromatic rings. The molecule has 0 saturated heterocycles. The van der Waals surface area contributed by atoms with Gasteiger partial charge in [-0.2, -0.15) is 5.26 Å². The molecule has 12 heavy (non-hydrogen) atoms. The Morgan fingerprint density at radius 3 is 2.92 bits per heavy atom. The van der Waals surface area contributed by atoms with Gasteiger partial charge in [0.05, 0.1) is 18.5 Å². The minimum atomic E-state index is -0.133. The van der Waals surface area contributed by atoms with Crippen molar-refractivity contribution < 1.29 is 0 Å². The van der Waals surface area contributed by atoms with Gasteiger partial charge in [0.1, 0.15) is 0 Å². The maximum atomic E-state index is 8.46. The predicted molar refractivity (Wildman–Crippen MR) is 53.9 cm³/mol. The monoisotopic (exact) mass is 244 g/mol. The SMILES string of the molecule is Cc1c(Br)csc1C(N)CC#N. The minimum absolute atomic E-state index is 0.133. The van der Waals surface area contributed by atoms with Crippen molar-refractivity contribution in [3.63, 3.8) is 0 Å². The van der Waals surface area contributed by atoms with Gasteiger partial charge in [0.25, 0.3) is 0 Å². The Balaban J connectivity index is 2.89. The van der Waals surface area contributed by atoms with Crippen LogP contribution >= 0.6 is 27.3 Å². The van der Waals surface area contributed by atoms with Crippen LogP contribution in [-0.4, -0.2) is 0 Å². The summed E-state index contributed by atoms with van der Waals surface area (Å²) >= 11 is 5.01. The fourth-order valence-corrected chi connectivity index (χ4v) is 2.54. The topological polar surface area (TPSA) is 49.8 Å². The van der Waals surface area contributed by atoms with E-state index in [2.05, 4.69) is 22.0 Å². The predicted octanol–water partition coefficient (Wildman–Crippen LogP) is 2.73. The quantitative estimate of drug-likeness (QED) is 0.870. The lowest BCUT2D eigenvalue weighted by molar-refractivity contribution is 0.759. The molecule has 1 atom stereocenters. The first-order valence-corrected chi connectivity index (χ1v) is 5.20. The number of nitrogens with zero attached hydrogens (tertiary/aromatic N) is 1. The number of thiophene rings is 1. The summed E-state index contributed by atoms with van der Waals surface area (Å²) in [6.45, 7) is 2.01. The van der Waals surface area contributed by atoms with E-state index in [1.54, 1.807) is 11.3 Å². The van der Waals surface area contributed by atoms with Gasteiger partial charge in [0.2, 0.25) is 0 Å². The fraction of sp³-hybridized carbons (Fsp3) is 0.375. The Morgan fingerprint density at radius 1 is 1.83 bits per heavy atom. The molecule has 1 unspecified atom stereocenters. The standard InChI is InChI=1S/C8H9BrN2S/c1-5-6(9)4-12-8(5)7(11)2-3-10/h4,7H,2,11H2,1H3. The molecule has 2 N–H and O–H groups in total. The van der Waals surface area contributed by atoms with E-state index in [-0.39, 0.29) is 6.04 Å². The first-order valence-electron chi connectivity index (χ1n) is 3.52. The van der Waals surface area contributed by atoms with Crippen LogP contribution in [0.15, 0.2) is 9.85 Å². The average Bonchev–Trinajstić information content (AvgIpc) is 2.34. The number of halogens is 1. The Labute approximate surface area is 84.1 Å². The van der Waals surface area contributed by atoms with Crippen molar-refractivity contribution in [3.05, 3.63) is 20.3 Å². The van der Waals surface area contributed by atoms with Crippen molar-refractivity contribution in [3.8, 4) is 6.07 Å². The summed E-state index contributed by atoms with van der Waals surface area (Å²) in [5.74, 6) is 0. The molecule has 2 nitrogen and oxygen atoms in total. The van der Waals surface area contributed by atoms with Crippen molar-refractivity contribution in [2.24, 2.45) is 5.73 Å². The van der Waals surface area contributed by atoms with Crippen molar-refractivity contribution >= 4 is 27.3 Å². The maximum absolute atomic E-state index is 8.46. The summed E-state index contributed by atoms with van der Waals surface area (Å²) in [4.78, 5) is 1.10. The van der Waals surface area contributed by atoms with E-state index in [0.29, 0.717) is 6.42 Å². The van der Waals surface area contributed by atoms with Gasteiger partial charge in [-0.05, 0) is 28.4 Å². The third kappa shape index (κ3) is 1.86. The third-order valence-electron chi connectivity index (χ3n) is 1.67. The molecule has 0 spiro atoms. The highest BCUT2D eigenvalue weighted by atomic mass is 79.9. The summed E-state index contributed by atoms with van der Waals surface area (Å²) in [6.07, 6.45) is 0.383. The Morgan fingerprint density at radius 2 is 2.50 bits per heavy atom. The number of nitrogens with two attached hydrogens (primary N) is 1. The molecular weight excluding hydrogens is 236 g/mol. The lowest BCUT2D eigenvalue weighted by Gasteiger charge is -2.05. The molecule has 1 aromatic heterocycles. The molecule has 1 rings (SSSR count). The van der Waals surface area contributed by atoms with Crippen LogP contribution in [0, 0.1) is 18.3 Å². The highest BCUT2D eigenvalue weighted by molar-refractivity contribution is 9.10. The Bertz CT molecular complexity index is 313. The smallest absolute Gasteiger partial charge is 0.0642 e. The second kappa shape index (κ2) is 4.04. The van der Waals surface area contributed by atoms with Gasteiger partial charge in [-0.25, -0.2) is 0 Å². The van der Waals surface area contributed by atoms with E-state index in [0.717, 1.165) is 14.9 Å². The lowest BCUT2D eigenvalue weighted by atomic mass is 10.1. The maximum Gasteiger partial charge on any atom is 0.0642 e. The second-order valence-corrected chi connectivity index (χ2v) is 4.31. The molecule has 0 bridgehead atoms. The van der Waals surface area contributed by atoms with Crippen molar-refractivity contribution in [2.75, 3.05) is 0 Å². The van der Waals surface area contributed by atoms with E-state index in [1.165, 1.54) is 0 Å². The summed E-state index contributed by atoms with van der Waals surface area (Å²) < 4.78 is 1.08. The summed E-state index contributed by atoms with van der Waals surface area (Å²) in [5.41, 5.74) is 6.94. The first kappa shape index (κ1) is 9.72. The Hall–Kier alpha value is -0.370. The minimum Gasteiger partial charge on any atom is -0.322 e. The van der Waals surface area contributed by atoms with Gasteiger partial charge in [0, 0.05) is 14.7 Å². The lowest BCUT2D eigenvalue weighted by Crippen LogP contribution is -2.08. The second-order valence-electron chi connectivity index (χ2n) is 2.54. The van der Waals surface area contributed by atoms with Crippen LogP contribution in [0.2, 0.25) is 0 Å². The third-order valence-corrected chi connectivity index (χ3v) is 4.01. The zero-order valence-electron chi connectivity index (χ0n) is 6.67. The molecule has 0 aliphatic rings. The van der Waals surface area contributed by atoms with E-state index in [9.17, 15) is 0 Å². The van der Waals surface area contributed by atoms with Crippen LogP contribution in [0.4, 0.5) is 0 Å². The number of rotatable bonds is 2. The van der Waals surface area contributed by atoms with Gasteiger partial charge in [-0.3, -0.25) is 0 Å². The molecule has 0 saturated carbocycles. The first-order chi connectivity index (χ1) is 5.66. The zero-order chi connectivity index (χ0) is 9.14. The van der Waals surface area contributed by atoms with E-state index in [1.807, 2.05) is 12.3 Å². The summed E-state index contributed by atoms with van der Waals surface area (Å²) in [7, 11) is 0. The molecule has 1 heterocycles. The normalized spacial score (nSPS) is 12.5. The largest absolute Gasteiger partial charge is 0.322 e. The van der Waals surface area contributed by atoms with Crippen LogP contribution in [0.1, 0.15) is 22.9 Å². The van der Waals surface area contributed by atoms with E-state index >= 15 is 0 Å². The summed E-state index contributed by atoms with van der Waals surface area (Å²) in [5, 5.41) is 10.5. The van der Waals surface area contributed by atoms with Crippen molar-refractivity contribution in [2.45, 2.75) is 19.4 Å². The highest BCUT2D eigenvalue weighted by Crippen LogP contribution is 2.31. The zero-order valence-corrected chi connectivity index (χ0v) is 9.08. The number of hydrogen-bond donors (Lipinski definition) is 1. The van der Waals surface area contributed by atoms with Gasteiger partial charge in [-0.1, -0.05) is 0 Å². The van der Waals surface area contributed by atoms with Gasteiger partial charge >= 0.3 is 0 Å². The van der Waals surface area contributed by atoms with Gasteiger partial charge in [0.15, 0.2) is 0 Å². The molecule has 0 aliphatic heterocycles. The molecule has 4 heteroatoms. The number of nitriles is 1. The molecular formula is C8H9BrN2S. The van der Waals surface area contributed by atoms with Gasteiger partial charge in [-0.15, -0.1) is 11.3 Å². The molecule has 0 amide bonds. The highest BCUT2D eigenvalue weighted by Gasteiger charge is 2.12. The van der Waals surface area contributed by atoms with Crippen LogP contribution in [0.25, 0.3) is 0 Å². The molecule has 0 fully saturated rings. The molecule has 0 radical (unpaired) electrons. The molecule has 0 aromatic carbocycles. The molecule has 64 valence electrons. The number of hydrogen-bond acceptors (Lipinski definition) is 3. The fourth-order valence-electron chi connectivity index (χ4n) is 0.966. The van der Waals surface area contributed by atoms with Gasteiger partial charge < -0.3 is 5.73 Å². The average molecular weight is 245 g/mol. The van der Waals surface area contributed by atoms with Crippen molar-refractivity contribution in [1.82, 2.24) is 0 Å². The Kier molecular flexibility index (Phi) is 3.27.